The summed E-state index contributed by atoms with van der Waals surface area (Å²) in [6.45, 7) is 6.83. The number of rotatable bonds is 3. The van der Waals surface area contributed by atoms with Gasteiger partial charge in [-0.3, -0.25) is 4.90 Å². The van der Waals surface area contributed by atoms with E-state index in [1.54, 1.807) is 0 Å². The van der Waals surface area contributed by atoms with E-state index in [1.807, 2.05) is 7.05 Å². The molecule has 1 heterocycles. The molecule has 1 fully saturated rings. The molecule has 3 heteroatoms. The van der Waals surface area contributed by atoms with Crippen LogP contribution in [0.2, 0.25) is 0 Å². The zero-order chi connectivity index (χ0) is 10.1. The molecule has 0 spiro atoms. The highest BCUT2D eigenvalue weighted by molar-refractivity contribution is 7.80. The Kier molecular flexibility index (Phi) is 3.66. The minimum absolute atomic E-state index is 0.136. The fourth-order valence-corrected chi connectivity index (χ4v) is 3.11. The van der Waals surface area contributed by atoms with Crippen molar-refractivity contribution in [2.45, 2.75) is 51.4 Å². The van der Waals surface area contributed by atoms with Crippen molar-refractivity contribution in [1.82, 2.24) is 10.2 Å². The zero-order valence-electron chi connectivity index (χ0n) is 9.17. The first kappa shape index (κ1) is 11.3. The van der Waals surface area contributed by atoms with Gasteiger partial charge in [0.25, 0.3) is 0 Å². The molecule has 0 aliphatic carbocycles. The third-order valence-electron chi connectivity index (χ3n) is 3.23. The van der Waals surface area contributed by atoms with E-state index in [-0.39, 0.29) is 5.66 Å². The van der Waals surface area contributed by atoms with Crippen LogP contribution < -0.4 is 5.32 Å². The van der Waals surface area contributed by atoms with Crippen molar-refractivity contribution in [2.24, 2.45) is 0 Å². The molecule has 0 aromatic rings. The van der Waals surface area contributed by atoms with Gasteiger partial charge in [0, 0.05) is 17.8 Å². The largest absolute Gasteiger partial charge is 0.302 e. The lowest BCUT2D eigenvalue weighted by atomic mass is 10.1. The van der Waals surface area contributed by atoms with Crippen molar-refractivity contribution in [1.29, 1.82) is 0 Å². The Morgan fingerprint density at radius 2 is 2.23 bits per heavy atom. The standard InChI is InChI=1S/C10H22N2S/c1-8(2)12-9(3)5-6-10(12,7-13)11-4/h8-9,11,13H,5-7H2,1-4H3/t9-,10+/m1/s1. The van der Waals surface area contributed by atoms with Crippen molar-refractivity contribution < 1.29 is 0 Å². The van der Waals surface area contributed by atoms with Gasteiger partial charge in [0.1, 0.15) is 0 Å². The second kappa shape index (κ2) is 4.20. The number of nitrogens with one attached hydrogen (secondary N) is 1. The third kappa shape index (κ3) is 1.88. The highest BCUT2D eigenvalue weighted by atomic mass is 32.1. The predicted molar refractivity (Wildman–Crippen MR) is 61.3 cm³/mol. The summed E-state index contributed by atoms with van der Waals surface area (Å²) >= 11 is 4.47. The third-order valence-corrected chi connectivity index (χ3v) is 3.75. The number of likely N-dealkylation sites (tertiary alicyclic amines) is 1. The molecule has 0 radical (unpaired) electrons. The van der Waals surface area contributed by atoms with Crippen LogP contribution in [0.4, 0.5) is 0 Å². The minimum Gasteiger partial charge on any atom is -0.302 e. The minimum atomic E-state index is 0.136. The topological polar surface area (TPSA) is 15.3 Å². The SMILES string of the molecule is CN[C@@]1(CS)CC[C@@H](C)N1C(C)C. The van der Waals surface area contributed by atoms with E-state index >= 15 is 0 Å². The first-order chi connectivity index (χ1) is 6.07. The maximum absolute atomic E-state index is 4.47. The summed E-state index contributed by atoms with van der Waals surface area (Å²) in [4.78, 5) is 2.56. The van der Waals surface area contributed by atoms with Gasteiger partial charge in [-0.25, -0.2) is 0 Å². The van der Waals surface area contributed by atoms with Crippen LogP contribution in [0.5, 0.6) is 0 Å². The lowest BCUT2D eigenvalue weighted by Crippen LogP contribution is -2.59. The average molecular weight is 202 g/mol. The summed E-state index contributed by atoms with van der Waals surface area (Å²) in [5.74, 6) is 0.895. The second-order valence-corrected chi connectivity index (χ2v) is 4.64. The van der Waals surface area contributed by atoms with Crippen molar-refractivity contribution in [2.75, 3.05) is 12.8 Å². The molecular formula is C10H22N2S. The normalized spacial score (nSPS) is 36.0. The lowest BCUT2D eigenvalue weighted by molar-refractivity contribution is 0.0673. The monoisotopic (exact) mass is 202 g/mol. The van der Waals surface area contributed by atoms with E-state index in [0.717, 1.165) is 5.75 Å². The quantitative estimate of drug-likeness (QED) is 0.678. The number of hydrogen-bond donors (Lipinski definition) is 2. The van der Waals surface area contributed by atoms with Crippen LogP contribution in [0.3, 0.4) is 0 Å². The Labute approximate surface area is 87.5 Å². The summed E-state index contributed by atoms with van der Waals surface area (Å²) in [6, 6.07) is 1.27. The fraction of sp³-hybridized carbons (Fsp3) is 1.00. The van der Waals surface area contributed by atoms with Crippen LogP contribution in [-0.4, -0.2) is 35.4 Å². The Balaban J connectivity index is 2.84. The first-order valence-electron chi connectivity index (χ1n) is 5.15. The predicted octanol–water partition coefficient (Wildman–Crippen LogP) is 1.72. The second-order valence-electron chi connectivity index (χ2n) is 4.33. The summed E-state index contributed by atoms with van der Waals surface area (Å²) < 4.78 is 0. The Bertz CT molecular complexity index is 166. The van der Waals surface area contributed by atoms with Gasteiger partial charge in [-0.05, 0) is 40.7 Å². The van der Waals surface area contributed by atoms with Gasteiger partial charge in [0.05, 0.1) is 5.66 Å². The van der Waals surface area contributed by atoms with Crippen LogP contribution in [0, 0.1) is 0 Å². The molecule has 1 N–H and O–H groups in total. The van der Waals surface area contributed by atoms with E-state index in [4.69, 9.17) is 0 Å². The molecule has 2 nitrogen and oxygen atoms in total. The van der Waals surface area contributed by atoms with Crippen LogP contribution in [0.15, 0.2) is 0 Å². The van der Waals surface area contributed by atoms with Gasteiger partial charge < -0.3 is 5.32 Å². The molecule has 0 amide bonds. The Morgan fingerprint density at radius 1 is 1.62 bits per heavy atom. The molecule has 13 heavy (non-hydrogen) atoms. The van der Waals surface area contributed by atoms with E-state index in [9.17, 15) is 0 Å². The molecule has 1 aliphatic rings. The van der Waals surface area contributed by atoms with Crippen LogP contribution >= 0.6 is 12.6 Å². The van der Waals surface area contributed by atoms with E-state index < -0.39 is 0 Å². The van der Waals surface area contributed by atoms with Gasteiger partial charge in [0.15, 0.2) is 0 Å². The first-order valence-corrected chi connectivity index (χ1v) is 5.79. The van der Waals surface area contributed by atoms with Crippen molar-refractivity contribution in [3.05, 3.63) is 0 Å². The number of hydrogen-bond acceptors (Lipinski definition) is 3. The average Bonchev–Trinajstić information content (AvgIpc) is 2.43. The maximum Gasteiger partial charge on any atom is 0.0805 e. The molecule has 2 atom stereocenters. The van der Waals surface area contributed by atoms with Crippen LogP contribution in [0.1, 0.15) is 33.6 Å². The molecule has 1 saturated heterocycles. The Morgan fingerprint density at radius 3 is 2.54 bits per heavy atom. The van der Waals surface area contributed by atoms with Crippen LogP contribution in [-0.2, 0) is 0 Å². The van der Waals surface area contributed by atoms with Gasteiger partial charge in [0.2, 0.25) is 0 Å². The van der Waals surface area contributed by atoms with Crippen LogP contribution in [0.25, 0.3) is 0 Å². The smallest absolute Gasteiger partial charge is 0.0805 e. The molecule has 1 aliphatic heterocycles. The molecule has 0 saturated carbocycles. The molecule has 78 valence electrons. The van der Waals surface area contributed by atoms with E-state index in [1.165, 1.54) is 12.8 Å². The van der Waals surface area contributed by atoms with E-state index in [2.05, 4.69) is 43.6 Å². The zero-order valence-corrected chi connectivity index (χ0v) is 10.1. The van der Waals surface area contributed by atoms with E-state index in [0.29, 0.717) is 12.1 Å². The molecule has 0 unspecified atom stereocenters. The van der Waals surface area contributed by atoms with Crippen molar-refractivity contribution in [3.8, 4) is 0 Å². The fourth-order valence-electron chi connectivity index (χ4n) is 2.63. The Hall–Kier alpha value is 0.270. The summed E-state index contributed by atoms with van der Waals surface area (Å²) in [6.07, 6.45) is 2.49. The summed E-state index contributed by atoms with van der Waals surface area (Å²) in [5, 5.41) is 3.44. The highest BCUT2D eigenvalue weighted by Crippen LogP contribution is 2.34. The molecular weight excluding hydrogens is 180 g/mol. The molecule has 1 rings (SSSR count). The summed E-state index contributed by atoms with van der Waals surface area (Å²) in [7, 11) is 2.05. The highest BCUT2D eigenvalue weighted by Gasteiger charge is 2.43. The van der Waals surface area contributed by atoms with Gasteiger partial charge in [-0.1, -0.05) is 0 Å². The molecule has 0 bridgehead atoms. The van der Waals surface area contributed by atoms with Gasteiger partial charge >= 0.3 is 0 Å². The van der Waals surface area contributed by atoms with Crippen molar-refractivity contribution in [3.63, 3.8) is 0 Å². The molecule has 0 aromatic carbocycles. The number of thiol groups is 1. The maximum atomic E-state index is 4.47. The lowest BCUT2D eigenvalue weighted by Gasteiger charge is -2.42. The van der Waals surface area contributed by atoms with Gasteiger partial charge in [-0.15, -0.1) is 0 Å². The number of nitrogens with zero attached hydrogens (tertiary/aromatic N) is 1. The van der Waals surface area contributed by atoms with Crippen molar-refractivity contribution >= 4 is 12.6 Å². The summed E-state index contributed by atoms with van der Waals surface area (Å²) in [5.41, 5.74) is 0.136. The van der Waals surface area contributed by atoms with Gasteiger partial charge in [-0.2, -0.15) is 12.6 Å². The molecule has 0 aromatic heterocycles.